The van der Waals surface area contributed by atoms with Crippen molar-refractivity contribution in [1.82, 2.24) is 10.2 Å². The lowest BCUT2D eigenvalue weighted by molar-refractivity contribution is -0.145. The average Bonchev–Trinajstić information content (AvgIpc) is 2.38. The quantitative estimate of drug-likeness (QED) is 0.626. The molecule has 0 aromatic rings. The average molecular weight is 286 g/mol. The molecule has 0 bridgehead atoms. The molecule has 0 unspecified atom stereocenters. The molecule has 1 rings (SSSR count). The Kier molecular flexibility index (Phi) is 6.42. The number of aliphatic hydroxyl groups excluding tert-OH is 1. The van der Waals surface area contributed by atoms with Crippen LogP contribution in [-0.4, -0.2) is 59.8 Å². The Hall–Kier alpha value is -1.14. The summed E-state index contributed by atoms with van der Waals surface area (Å²) in [5.41, 5.74) is -0.0364. The van der Waals surface area contributed by atoms with E-state index in [0.717, 1.165) is 0 Å². The Labute approximate surface area is 120 Å². The van der Waals surface area contributed by atoms with Gasteiger partial charge < -0.3 is 20.4 Å². The van der Waals surface area contributed by atoms with E-state index < -0.39 is 5.97 Å². The van der Waals surface area contributed by atoms with Crippen LogP contribution >= 0.6 is 0 Å². The van der Waals surface area contributed by atoms with Gasteiger partial charge in [0.2, 0.25) is 5.91 Å². The number of aliphatic hydroxyl groups is 1. The Morgan fingerprint density at radius 3 is 2.40 bits per heavy atom. The first-order valence-corrected chi connectivity index (χ1v) is 7.18. The zero-order chi connectivity index (χ0) is 15.2. The van der Waals surface area contributed by atoms with Gasteiger partial charge in [-0.05, 0) is 24.7 Å². The number of piperidine rings is 1. The molecule has 0 radical (unpaired) electrons. The summed E-state index contributed by atoms with van der Waals surface area (Å²) < 4.78 is 0. The van der Waals surface area contributed by atoms with E-state index in [1.807, 2.05) is 13.8 Å². The van der Waals surface area contributed by atoms with Crippen LogP contribution in [0.3, 0.4) is 0 Å². The number of nitrogens with zero attached hydrogens (tertiary/aromatic N) is 1. The molecule has 116 valence electrons. The molecule has 6 nitrogen and oxygen atoms in total. The van der Waals surface area contributed by atoms with Gasteiger partial charge in [-0.25, -0.2) is 0 Å². The molecule has 0 aliphatic carbocycles. The number of rotatable bonds is 7. The van der Waals surface area contributed by atoms with Crippen LogP contribution in [0.15, 0.2) is 0 Å². The second kappa shape index (κ2) is 7.59. The first kappa shape index (κ1) is 16.9. The summed E-state index contributed by atoms with van der Waals surface area (Å²) in [7, 11) is 0. The molecule has 3 N–H and O–H groups in total. The van der Waals surface area contributed by atoms with Gasteiger partial charge in [0.25, 0.3) is 0 Å². The van der Waals surface area contributed by atoms with Crippen molar-refractivity contribution in [3.63, 3.8) is 0 Å². The van der Waals surface area contributed by atoms with Crippen LogP contribution in [0.4, 0.5) is 0 Å². The molecule has 1 aliphatic rings. The molecule has 20 heavy (non-hydrogen) atoms. The van der Waals surface area contributed by atoms with Gasteiger partial charge in [-0.1, -0.05) is 13.8 Å². The van der Waals surface area contributed by atoms with Gasteiger partial charge in [0, 0.05) is 26.2 Å². The SMILES string of the molecule is CC(C)(CCO)CNCC(=O)N1CCC(C(=O)O)CC1. The summed E-state index contributed by atoms with van der Waals surface area (Å²) in [6, 6.07) is 0. The van der Waals surface area contributed by atoms with E-state index in [9.17, 15) is 9.59 Å². The van der Waals surface area contributed by atoms with Crippen molar-refractivity contribution < 1.29 is 19.8 Å². The first-order valence-electron chi connectivity index (χ1n) is 7.18. The normalized spacial score (nSPS) is 17.2. The topological polar surface area (TPSA) is 89.9 Å². The Balaban J connectivity index is 2.26. The number of aliphatic carboxylic acids is 1. The molecule has 0 saturated carbocycles. The maximum atomic E-state index is 12.0. The largest absolute Gasteiger partial charge is 0.481 e. The number of hydrogen-bond acceptors (Lipinski definition) is 4. The number of carbonyl (C=O) groups is 2. The number of carboxylic acid groups (broad SMARTS) is 1. The molecule has 1 fully saturated rings. The number of amides is 1. The lowest BCUT2D eigenvalue weighted by Crippen LogP contribution is -2.45. The molecule has 0 spiro atoms. The van der Waals surface area contributed by atoms with Crippen LogP contribution in [-0.2, 0) is 9.59 Å². The fourth-order valence-corrected chi connectivity index (χ4v) is 2.39. The number of hydrogen-bond donors (Lipinski definition) is 3. The van der Waals surface area contributed by atoms with Crippen LogP contribution in [0.1, 0.15) is 33.1 Å². The van der Waals surface area contributed by atoms with E-state index in [2.05, 4.69) is 5.32 Å². The second-order valence-corrected chi connectivity index (χ2v) is 6.23. The van der Waals surface area contributed by atoms with E-state index >= 15 is 0 Å². The maximum Gasteiger partial charge on any atom is 0.306 e. The Morgan fingerprint density at radius 2 is 1.90 bits per heavy atom. The summed E-state index contributed by atoms with van der Waals surface area (Å²) in [5, 5.41) is 21.0. The monoisotopic (exact) mass is 286 g/mol. The smallest absolute Gasteiger partial charge is 0.306 e. The van der Waals surface area contributed by atoms with Gasteiger partial charge in [0.1, 0.15) is 0 Å². The summed E-state index contributed by atoms with van der Waals surface area (Å²) in [6.45, 7) is 6.22. The van der Waals surface area contributed by atoms with Gasteiger partial charge in [-0.3, -0.25) is 9.59 Å². The standard InChI is InChI=1S/C14H26N2O4/c1-14(2,5-8-17)10-15-9-12(18)16-6-3-11(4-7-16)13(19)20/h11,15,17H,3-10H2,1-2H3,(H,19,20). The van der Waals surface area contributed by atoms with Gasteiger partial charge in [-0.2, -0.15) is 0 Å². The van der Waals surface area contributed by atoms with Crippen molar-refractivity contribution in [2.75, 3.05) is 32.8 Å². The summed E-state index contributed by atoms with van der Waals surface area (Å²) in [5.74, 6) is -1.05. The third-order valence-corrected chi connectivity index (χ3v) is 3.87. The van der Waals surface area contributed by atoms with E-state index in [4.69, 9.17) is 10.2 Å². The van der Waals surface area contributed by atoms with Crippen molar-refractivity contribution in [3.05, 3.63) is 0 Å². The predicted octanol–water partition coefficient (Wildman–Crippen LogP) is 0.308. The molecule has 0 atom stereocenters. The molecule has 1 heterocycles. The molecule has 0 aromatic carbocycles. The molecule has 1 saturated heterocycles. The molecule has 1 aliphatic heterocycles. The lowest BCUT2D eigenvalue weighted by Gasteiger charge is -2.31. The summed E-state index contributed by atoms with van der Waals surface area (Å²) in [4.78, 5) is 24.6. The molecule has 1 amide bonds. The highest BCUT2D eigenvalue weighted by atomic mass is 16.4. The highest BCUT2D eigenvalue weighted by molar-refractivity contribution is 5.78. The second-order valence-electron chi connectivity index (χ2n) is 6.23. The minimum Gasteiger partial charge on any atom is -0.481 e. The van der Waals surface area contributed by atoms with Crippen molar-refractivity contribution in [3.8, 4) is 0 Å². The third-order valence-electron chi connectivity index (χ3n) is 3.87. The number of carbonyl (C=O) groups excluding carboxylic acids is 1. The van der Waals surface area contributed by atoms with Crippen molar-refractivity contribution >= 4 is 11.9 Å². The van der Waals surface area contributed by atoms with Gasteiger partial charge in [-0.15, -0.1) is 0 Å². The number of likely N-dealkylation sites (tertiary alicyclic amines) is 1. The highest BCUT2D eigenvalue weighted by Crippen LogP contribution is 2.19. The fraction of sp³-hybridized carbons (Fsp3) is 0.857. The van der Waals surface area contributed by atoms with Crippen molar-refractivity contribution in [1.29, 1.82) is 0 Å². The van der Waals surface area contributed by atoms with E-state index in [1.165, 1.54) is 0 Å². The molecular weight excluding hydrogens is 260 g/mol. The van der Waals surface area contributed by atoms with Crippen LogP contribution in [0, 0.1) is 11.3 Å². The van der Waals surface area contributed by atoms with Crippen LogP contribution < -0.4 is 5.32 Å². The van der Waals surface area contributed by atoms with E-state index in [0.29, 0.717) is 38.9 Å². The zero-order valence-corrected chi connectivity index (χ0v) is 12.4. The van der Waals surface area contributed by atoms with E-state index in [-0.39, 0.29) is 30.4 Å². The fourth-order valence-electron chi connectivity index (χ4n) is 2.39. The number of nitrogens with one attached hydrogen (secondary N) is 1. The van der Waals surface area contributed by atoms with Gasteiger partial charge in [0.15, 0.2) is 0 Å². The zero-order valence-electron chi connectivity index (χ0n) is 12.4. The maximum absolute atomic E-state index is 12.0. The lowest BCUT2D eigenvalue weighted by atomic mass is 9.90. The summed E-state index contributed by atoms with van der Waals surface area (Å²) >= 11 is 0. The minimum absolute atomic E-state index is 0.0219. The van der Waals surface area contributed by atoms with E-state index in [1.54, 1.807) is 4.90 Å². The highest BCUT2D eigenvalue weighted by Gasteiger charge is 2.27. The van der Waals surface area contributed by atoms with Gasteiger partial charge in [0.05, 0.1) is 12.5 Å². The molecule has 0 aromatic heterocycles. The third kappa shape index (κ3) is 5.46. The van der Waals surface area contributed by atoms with Crippen LogP contribution in [0.25, 0.3) is 0 Å². The summed E-state index contributed by atoms with van der Waals surface area (Å²) in [6.07, 6.45) is 1.77. The minimum atomic E-state index is -0.763. The molecule has 6 heteroatoms. The van der Waals surface area contributed by atoms with Crippen LogP contribution in [0.5, 0.6) is 0 Å². The Morgan fingerprint density at radius 1 is 1.30 bits per heavy atom. The Bertz CT molecular complexity index is 336. The van der Waals surface area contributed by atoms with Crippen molar-refractivity contribution in [2.24, 2.45) is 11.3 Å². The van der Waals surface area contributed by atoms with Crippen molar-refractivity contribution in [2.45, 2.75) is 33.1 Å². The van der Waals surface area contributed by atoms with Crippen LogP contribution in [0.2, 0.25) is 0 Å². The number of carboxylic acids is 1. The first-order chi connectivity index (χ1) is 9.35. The molecular formula is C14H26N2O4. The predicted molar refractivity (Wildman–Crippen MR) is 75.3 cm³/mol. The van der Waals surface area contributed by atoms with Gasteiger partial charge >= 0.3 is 5.97 Å².